The number of halogens is 4. The summed E-state index contributed by atoms with van der Waals surface area (Å²) >= 11 is 1.57. The Morgan fingerprint density at radius 3 is 2.53 bits per heavy atom. The number of hydrogen-bond donors (Lipinski definition) is 1. The van der Waals surface area contributed by atoms with Crippen molar-refractivity contribution in [2.24, 2.45) is 0 Å². The summed E-state index contributed by atoms with van der Waals surface area (Å²) < 4.78 is 44.1. The predicted octanol–water partition coefficient (Wildman–Crippen LogP) is 1.89. The van der Waals surface area contributed by atoms with E-state index in [1.807, 2.05) is 0 Å². The fourth-order valence-corrected chi connectivity index (χ4v) is 1.50. The van der Waals surface area contributed by atoms with Crippen LogP contribution in [0.25, 0.3) is 0 Å². The fraction of sp³-hybridized carbons (Fsp3) is 0.286. The molecule has 1 rings (SSSR count). The summed E-state index contributed by atoms with van der Waals surface area (Å²) in [5.74, 6) is -0.814. The second-order valence-electron chi connectivity index (χ2n) is 2.38. The Hall–Kier alpha value is -0.930. The summed E-state index contributed by atoms with van der Waals surface area (Å²) in [6.07, 6.45) is -4.02. The average Bonchev–Trinajstić information content (AvgIpc) is 2.10. The minimum atomic E-state index is -4.82. The largest absolute Gasteiger partial charge is 0.573 e. The number of hydrogen-bond acceptors (Lipinski definition) is 3. The van der Waals surface area contributed by atoms with Crippen molar-refractivity contribution >= 4 is 22.6 Å². The SMILES string of the molecule is COc1c(OC(F)(F)F)c[nH]c(=O)c1I. The zero-order valence-corrected chi connectivity index (χ0v) is 9.47. The molecular weight excluding hydrogens is 330 g/mol. The molecule has 0 aliphatic heterocycles. The van der Waals surface area contributed by atoms with Crippen molar-refractivity contribution in [3.8, 4) is 11.5 Å². The number of pyridine rings is 1. The molecule has 0 aliphatic carbocycles. The Morgan fingerprint density at radius 2 is 2.07 bits per heavy atom. The molecule has 0 amide bonds. The van der Waals surface area contributed by atoms with E-state index >= 15 is 0 Å². The van der Waals surface area contributed by atoms with Crippen LogP contribution < -0.4 is 15.0 Å². The zero-order valence-electron chi connectivity index (χ0n) is 7.31. The van der Waals surface area contributed by atoms with Gasteiger partial charge in [0.1, 0.15) is 3.57 Å². The molecule has 0 fully saturated rings. The van der Waals surface area contributed by atoms with Crippen molar-refractivity contribution in [2.75, 3.05) is 7.11 Å². The first-order valence-corrected chi connectivity index (χ1v) is 4.64. The quantitative estimate of drug-likeness (QED) is 0.840. The van der Waals surface area contributed by atoms with E-state index in [9.17, 15) is 18.0 Å². The number of methoxy groups -OCH3 is 1. The van der Waals surface area contributed by atoms with E-state index in [0.29, 0.717) is 0 Å². The first-order valence-electron chi connectivity index (χ1n) is 3.56. The van der Waals surface area contributed by atoms with Crippen LogP contribution in [-0.4, -0.2) is 18.5 Å². The second-order valence-corrected chi connectivity index (χ2v) is 3.46. The van der Waals surface area contributed by atoms with Gasteiger partial charge in [-0.3, -0.25) is 4.79 Å². The van der Waals surface area contributed by atoms with E-state index in [-0.39, 0.29) is 9.32 Å². The summed E-state index contributed by atoms with van der Waals surface area (Å²) in [6.45, 7) is 0. The number of H-pyrrole nitrogens is 1. The Bertz CT molecular complexity index is 415. The molecule has 0 radical (unpaired) electrons. The zero-order chi connectivity index (χ0) is 11.6. The smallest absolute Gasteiger partial charge is 0.492 e. The van der Waals surface area contributed by atoms with Gasteiger partial charge >= 0.3 is 6.36 Å². The lowest BCUT2D eigenvalue weighted by Crippen LogP contribution is -2.20. The van der Waals surface area contributed by atoms with Crippen molar-refractivity contribution in [3.05, 3.63) is 20.1 Å². The van der Waals surface area contributed by atoms with Crippen LogP contribution in [0.5, 0.6) is 11.5 Å². The van der Waals surface area contributed by atoms with Crippen LogP contribution in [-0.2, 0) is 0 Å². The molecule has 0 unspecified atom stereocenters. The minimum absolute atomic E-state index is 0.00292. The summed E-state index contributed by atoms with van der Waals surface area (Å²) in [6, 6.07) is 0. The maximum atomic E-state index is 11.9. The van der Waals surface area contributed by atoms with Crippen LogP contribution in [0.15, 0.2) is 11.0 Å². The first kappa shape index (κ1) is 12.1. The van der Waals surface area contributed by atoms with Crippen molar-refractivity contribution < 1.29 is 22.6 Å². The van der Waals surface area contributed by atoms with Crippen LogP contribution in [0.2, 0.25) is 0 Å². The highest BCUT2D eigenvalue weighted by molar-refractivity contribution is 14.1. The average molecular weight is 335 g/mol. The Labute approximate surface area is 95.5 Å². The van der Waals surface area contributed by atoms with E-state index in [4.69, 9.17) is 0 Å². The van der Waals surface area contributed by atoms with E-state index in [0.717, 1.165) is 13.3 Å². The molecule has 4 nitrogen and oxygen atoms in total. The van der Waals surface area contributed by atoms with Gasteiger partial charge in [-0.1, -0.05) is 0 Å². The maximum Gasteiger partial charge on any atom is 0.573 e. The summed E-state index contributed by atoms with van der Waals surface area (Å²) in [4.78, 5) is 13.1. The van der Waals surface area contributed by atoms with Gasteiger partial charge < -0.3 is 14.5 Å². The third-order valence-corrected chi connectivity index (χ3v) is 2.37. The molecule has 0 bridgehead atoms. The van der Waals surface area contributed by atoms with Gasteiger partial charge in [0, 0.05) is 0 Å². The van der Waals surface area contributed by atoms with Gasteiger partial charge in [-0.15, -0.1) is 13.2 Å². The number of rotatable bonds is 2. The molecule has 0 aromatic carbocycles. The second kappa shape index (κ2) is 4.29. The number of alkyl halides is 3. The molecule has 0 aliphatic rings. The fourth-order valence-electron chi connectivity index (χ4n) is 0.862. The highest BCUT2D eigenvalue weighted by Crippen LogP contribution is 2.32. The van der Waals surface area contributed by atoms with Crippen molar-refractivity contribution in [1.82, 2.24) is 4.98 Å². The van der Waals surface area contributed by atoms with Gasteiger partial charge in [0.2, 0.25) is 0 Å². The van der Waals surface area contributed by atoms with E-state index < -0.39 is 17.7 Å². The van der Waals surface area contributed by atoms with Crippen LogP contribution in [0.3, 0.4) is 0 Å². The van der Waals surface area contributed by atoms with E-state index in [1.165, 1.54) is 0 Å². The van der Waals surface area contributed by atoms with Crippen molar-refractivity contribution in [3.63, 3.8) is 0 Å². The van der Waals surface area contributed by atoms with Crippen molar-refractivity contribution in [1.29, 1.82) is 0 Å². The molecule has 8 heteroatoms. The van der Waals surface area contributed by atoms with E-state index in [1.54, 1.807) is 22.6 Å². The third-order valence-electron chi connectivity index (χ3n) is 1.39. The lowest BCUT2D eigenvalue weighted by atomic mass is 10.4. The summed E-state index contributed by atoms with van der Waals surface area (Å²) in [5.41, 5.74) is -0.540. The highest BCUT2D eigenvalue weighted by Gasteiger charge is 2.33. The lowest BCUT2D eigenvalue weighted by molar-refractivity contribution is -0.275. The van der Waals surface area contributed by atoms with E-state index in [2.05, 4.69) is 14.5 Å². The Morgan fingerprint density at radius 1 is 1.47 bits per heavy atom. The van der Waals surface area contributed by atoms with Crippen molar-refractivity contribution in [2.45, 2.75) is 6.36 Å². The number of ether oxygens (including phenoxy) is 2. The number of aromatic nitrogens is 1. The summed E-state index contributed by atoms with van der Waals surface area (Å²) in [5, 5.41) is 0. The molecular formula is C7H5F3INO3. The normalized spacial score (nSPS) is 11.3. The summed E-state index contributed by atoms with van der Waals surface area (Å²) in [7, 11) is 1.15. The molecule has 0 saturated carbocycles. The standard InChI is InChI=1S/C7H5F3INO3/c1-14-5-3(15-7(8,9)10)2-12-6(13)4(5)11/h2H,1H3,(H,12,13). The lowest BCUT2D eigenvalue weighted by Gasteiger charge is -2.12. The van der Waals surface area contributed by atoms with Crippen LogP contribution in [0, 0.1) is 3.57 Å². The van der Waals surface area contributed by atoms with Crippen LogP contribution in [0.4, 0.5) is 13.2 Å². The van der Waals surface area contributed by atoms with Crippen LogP contribution >= 0.6 is 22.6 Å². The third kappa shape index (κ3) is 3.01. The topological polar surface area (TPSA) is 51.3 Å². The molecule has 15 heavy (non-hydrogen) atoms. The molecule has 1 heterocycles. The van der Waals surface area contributed by atoms with Crippen LogP contribution in [0.1, 0.15) is 0 Å². The molecule has 1 aromatic rings. The van der Waals surface area contributed by atoms with Gasteiger partial charge in [-0.05, 0) is 22.6 Å². The van der Waals surface area contributed by atoms with Gasteiger partial charge in [0.25, 0.3) is 5.56 Å². The van der Waals surface area contributed by atoms with Gasteiger partial charge in [-0.2, -0.15) is 0 Å². The molecule has 1 aromatic heterocycles. The monoisotopic (exact) mass is 335 g/mol. The molecule has 0 spiro atoms. The molecule has 1 N–H and O–H groups in total. The first-order chi connectivity index (χ1) is 6.85. The van der Waals surface area contributed by atoms with Gasteiger partial charge in [0.15, 0.2) is 11.5 Å². The Balaban J connectivity index is 3.20. The van der Waals surface area contributed by atoms with Gasteiger partial charge in [0.05, 0.1) is 13.3 Å². The number of nitrogens with one attached hydrogen (secondary N) is 1. The Kier molecular flexibility index (Phi) is 3.47. The minimum Gasteiger partial charge on any atom is -0.492 e. The molecule has 0 atom stereocenters. The maximum absolute atomic E-state index is 11.9. The molecule has 84 valence electrons. The predicted molar refractivity (Wildman–Crippen MR) is 53.0 cm³/mol. The van der Waals surface area contributed by atoms with Gasteiger partial charge in [-0.25, -0.2) is 0 Å². The number of aromatic amines is 1. The highest BCUT2D eigenvalue weighted by atomic mass is 127. The molecule has 0 saturated heterocycles.